The lowest BCUT2D eigenvalue weighted by molar-refractivity contribution is 0.102. The first-order chi connectivity index (χ1) is 16.2. The Morgan fingerprint density at radius 3 is 2.15 bits per heavy atom. The van der Waals surface area contributed by atoms with Crippen molar-refractivity contribution in [3.8, 4) is 0 Å². The predicted molar refractivity (Wildman–Crippen MR) is 137 cm³/mol. The van der Waals surface area contributed by atoms with Crippen LogP contribution in [0.4, 0.5) is 17.1 Å². The highest BCUT2D eigenvalue weighted by molar-refractivity contribution is 7.92. The third kappa shape index (κ3) is 5.40. The molecule has 1 fully saturated rings. The summed E-state index contributed by atoms with van der Waals surface area (Å²) in [6.45, 7) is 7.84. The Morgan fingerprint density at radius 1 is 0.824 bits per heavy atom. The van der Waals surface area contributed by atoms with Gasteiger partial charge in [-0.2, -0.15) is 0 Å². The van der Waals surface area contributed by atoms with Crippen LogP contribution in [0.5, 0.6) is 0 Å². The number of hydrogen-bond donors (Lipinski definition) is 2. The Labute approximate surface area is 201 Å². The van der Waals surface area contributed by atoms with Gasteiger partial charge in [-0.15, -0.1) is 0 Å². The largest absolute Gasteiger partial charge is 0.369 e. The van der Waals surface area contributed by atoms with Gasteiger partial charge in [-0.05, 0) is 80.6 Å². The van der Waals surface area contributed by atoms with Crippen LogP contribution in [-0.2, 0) is 10.0 Å². The van der Waals surface area contributed by atoms with E-state index in [2.05, 4.69) is 33.0 Å². The zero-order valence-corrected chi connectivity index (χ0v) is 20.5. The van der Waals surface area contributed by atoms with Gasteiger partial charge in [0.25, 0.3) is 15.9 Å². The van der Waals surface area contributed by atoms with E-state index in [1.54, 1.807) is 12.1 Å². The van der Waals surface area contributed by atoms with Crippen LogP contribution in [0, 0.1) is 13.8 Å². The Hall–Kier alpha value is -3.36. The Kier molecular flexibility index (Phi) is 6.90. The van der Waals surface area contributed by atoms with E-state index < -0.39 is 10.0 Å². The summed E-state index contributed by atoms with van der Waals surface area (Å²) in [4.78, 5) is 17.6. The first kappa shape index (κ1) is 23.8. The first-order valence-electron chi connectivity index (χ1n) is 11.3. The van der Waals surface area contributed by atoms with Crippen LogP contribution in [0.2, 0.25) is 0 Å². The number of likely N-dealkylation sites (N-methyl/N-ethyl adjacent to an activating group) is 1. The molecule has 0 saturated carbocycles. The first-order valence-corrected chi connectivity index (χ1v) is 12.8. The summed E-state index contributed by atoms with van der Waals surface area (Å²) in [5.41, 5.74) is 4.61. The summed E-state index contributed by atoms with van der Waals surface area (Å²) < 4.78 is 28.1. The summed E-state index contributed by atoms with van der Waals surface area (Å²) in [6.07, 6.45) is 0. The van der Waals surface area contributed by atoms with Crippen molar-refractivity contribution in [3.05, 3.63) is 83.4 Å². The maximum Gasteiger partial charge on any atom is 0.261 e. The minimum atomic E-state index is -3.75. The van der Waals surface area contributed by atoms with Crippen molar-refractivity contribution in [2.75, 3.05) is 48.2 Å². The minimum absolute atomic E-state index is 0.0972. The van der Waals surface area contributed by atoms with Gasteiger partial charge in [0.15, 0.2) is 0 Å². The van der Waals surface area contributed by atoms with Gasteiger partial charge in [0, 0.05) is 43.1 Å². The molecule has 3 aromatic rings. The average Bonchev–Trinajstić information content (AvgIpc) is 2.82. The smallest absolute Gasteiger partial charge is 0.261 e. The summed E-state index contributed by atoms with van der Waals surface area (Å²) in [7, 11) is -1.62. The van der Waals surface area contributed by atoms with Gasteiger partial charge in [0.2, 0.25) is 0 Å². The second-order valence-corrected chi connectivity index (χ2v) is 10.4. The Morgan fingerprint density at radius 2 is 1.50 bits per heavy atom. The van der Waals surface area contributed by atoms with E-state index >= 15 is 0 Å². The SMILES string of the molecule is Cc1cc(N2CCN(C)CC2)ccc1NC(=O)c1ccc(S(=O)(=O)Nc2ccccc2C)cc1. The standard InChI is InChI=1S/C26H30N4O3S/c1-19-6-4-5-7-25(19)28-34(32,33)23-11-8-21(9-12-23)26(31)27-24-13-10-22(18-20(24)2)30-16-14-29(3)15-17-30/h4-13,18,28H,14-17H2,1-3H3,(H,27,31). The van der Waals surface area contributed by atoms with Crippen molar-refractivity contribution in [1.82, 2.24) is 4.90 Å². The number of nitrogens with one attached hydrogen (secondary N) is 2. The van der Waals surface area contributed by atoms with Crippen LogP contribution in [0.25, 0.3) is 0 Å². The summed E-state index contributed by atoms with van der Waals surface area (Å²) in [6, 6.07) is 19.2. The van der Waals surface area contributed by atoms with Gasteiger partial charge in [0.1, 0.15) is 0 Å². The monoisotopic (exact) mass is 478 g/mol. The molecule has 4 rings (SSSR count). The average molecular weight is 479 g/mol. The molecule has 8 heteroatoms. The third-order valence-electron chi connectivity index (χ3n) is 6.14. The molecule has 1 amide bonds. The molecule has 0 unspecified atom stereocenters. The number of sulfonamides is 1. The molecule has 1 heterocycles. The fraction of sp³-hybridized carbons (Fsp3) is 0.269. The number of piperazine rings is 1. The number of aryl methyl sites for hydroxylation is 2. The van der Waals surface area contributed by atoms with Crippen LogP contribution in [0.15, 0.2) is 71.6 Å². The number of hydrogen-bond acceptors (Lipinski definition) is 5. The van der Waals surface area contributed by atoms with Gasteiger partial charge in [-0.3, -0.25) is 9.52 Å². The van der Waals surface area contributed by atoms with E-state index in [1.807, 2.05) is 38.1 Å². The summed E-state index contributed by atoms with van der Waals surface area (Å²) >= 11 is 0. The van der Waals surface area contributed by atoms with Crippen LogP contribution >= 0.6 is 0 Å². The number of carbonyl (C=O) groups excluding carboxylic acids is 1. The summed E-state index contributed by atoms with van der Waals surface area (Å²) in [5.74, 6) is -0.286. The maximum atomic E-state index is 12.8. The molecule has 3 aromatic carbocycles. The molecule has 0 aliphatic carbocycles. The van der Waals surface area contributed by atoms with E-state index in [9.17, 15) is 13.2 Å². The molecule has 0 bridgehead atoms. The van der Waals surface area contributed by atoms with Crippen molar-refractivity contribution in [2.24, 2.45) is 0 Å². The Balaban J connectivity index is 1.43. The second kappa shape index (κ2) is 9.87. The van der Waals surface area contributed by atoms with Gasteiger partial charge in [-0.1, -0.05) is 18.2 Å². The molecule has 34 heavy (non-hydrogen) atoms. The quantitative estimate of drug-likeness (QED) is 0.557. The fourth-order valence-electron chi connectivity index (χ4n) is 3.92. The lowest BCUT2D eigenvalue weighted by Crippen LogP contribution is -2.44. The number of para-hydroxylation sites is 1. The van der Waals surface area contributed by atoms with Crippen LogP contribution in [0.1, 0.15) is 21.5 Å². The molecule has 178 valence electrons. The van der Waals surface area contributed by atoms with Crippen molar-refractivity contribution in [2.45, 2.75) is 18.7 Å². The van der Waals surface area contributed by atoms with E-state index in [0.29, 0.717) is 11.3 Å². The number of anilines is 3. The van der Waals surface area contributed by atoms with E-state index in [0.717, 1.165) is 48.7 Å². The van der Waals surface area contributed by atoms with E-state index in [1.165, 1.54) is 24.3 Å². The van der Waals surface area contributed by atoms with Crippen molar-refractivity contribution in [3.63, 3.8) is 0 Å². The van der Waals surface area contributed by atoms with Crippen LogP contribution in [-0.4, -0.2) is 52.5 Å². The molecule has 0 atom stereocenters. The molecule has 0 spiro atoms. The highest BCUT2D eigenvalue weighted by Gasteiger charge is 2.18. The third-order valence-corrected chi connectivity index (χ3v) is 7.52. The zero-order chi connectivity index (χ0) is 24.3. The van der Waals surface area contributed by atoms with E-state index in [4.69, 9.17) is 0 Å². The topological polar surface area (TPSA) is 81.8 Å². The minimum Gasteiger partial charge on any atom is -0.369 e. The fourth-order valence-corrected chi connectivity index (χ4v) is 5.05. The maximum absolute atomic E-state index is 12.8. The molecule has 0 aromatic heterocycles. The number of nitrogens with zero attached hydrogens (tertiary/aromatic N) is 2. The van der Waals surface area contributed by atoms with Gasteiger partial charge < -0.3 is 15.1 Å². The molecule has 1 aliphatic rings. The molecule has 1 aliphatic heterocycles. The molecule has 7 nitrogen and oxygen atoms in total. The zero-order valence-electron chi connectivity index (χ0n) is 19.7. The summed E-state index contributed by atoms with van der Waals surface area (Å²) in [5, 5.41) is 2.94. The number of benzene rings is 3. The molecule has 0 radical (unpaired) electrons. The highest BCUT2D eigenvalue weighted by Crippen LogP contribution is 2.25. The van der Waals surface area contributed by atoms with Crippen molar-refractivity contribution < 1.29 is 13.2 Å². The lowest BCUT2D eigenvalue weighted by Gasteiger charge is -2.34. The normalized spacial score (nSPS) is 14.6. The highest BCUT2D eigenvalue weighted by atomic mass is 32.2. The van der Waals surface area contributed by atoms with Crippen molar-refractivity contribution in [1.29, 1.82) is 0 Å². The molecule has 2 N–H and O–H groups in total. The van der Waals surface area contributed by atoms with Gasteiger partial charge in [-0.25, -0.2) is 8.42 Å². The number of amides is 1. The van der Waals surface area contributed by atoms with Crippen LogP contribution in [0.3, 0.4) is 0 Å². The van der Waals surface area contributed by atoms with Crippen LogP contribution < -0.4 is 14.9 Å². The van der Waals surface area contributed by atoms with Gasteiger partial charge in [0.05, 0.1) is 10.6 Å². The second-order valence-electron chi connectivity index (χ2n) is 8.69. The Bertz CT molecular complexity index is 1280. The number of rotatable bonds is 6. The lowest BCUT2D eigenvalue weighted by atomic mass is 10.1. The van der Waals surface area contributed by atoms with Crippen molar-refractivity contribution >= 4 is 33.0 Å². The number of carbonyl (C=O) groups is 1. The molecular weight excluding hydrogens is 448 g/mol. The predicted octanol–water partition coefficient (Wildman–Crippen LogP) is 4.11. The van der Waals surface area contributed by atoms with Gasteiger partial charge >= 0.3 is 0 Å². The molecule has 1 saturated heterocycles. The molecular formula is C26H30N4O3S. The van der Waals surface area contributed by atoms with E-state index in [-0.39, 0.29) is 10.8 Å².